The maximum atomic E-state index is 14.0. The number of rotatable bonds is 13. The molecule has 0 aliphatic rings. The molecule has 39 heavy (non-hydrogen) atoms. The molecule has 0 aromatic heterocycles. The van der Waals surface area contributed by atoms with E-state index in [4.69, 9.17) is 23.2 Å². The second-order valence-electron chi connectivity index (χ2n) is 9.00. The number of hydrogen-bond donors (Lipinski definition) is 1. The normalized spacial score (nSPS) is 12.0. The van der Waals surface area contributed by atoms with Crippen molar-refractivity contribution >= 4 is 50.7 Å². The van der Waals surface area contributed by atoms with Gasteiger partial charge in [-0.25, -0.2) is 8.42 Å². The Morgan fingerprint density at radius 2 is 1.56 bits per heavy atom. The van der Waals surface area contributed by atoms with E-state index in [9.17, 15) is 18.0 Å². The summed E-state index contributed by atoms with van der Waals surface area (Å²) in [5, 5.41) is 3.29. The van der Waals surface area contributed by atoms with Gasteiger partial charge in [0.2, 0.25) is 11.8 Å². The Hall–Kier alpha value is -3.07. The Morgan fingerprint density at radius 3 is 2.18 bits per heavy atom. The van der Waals surface area contributed by atoms with Gasteiger partial charge in [0.05, 0.1) is 15.6 Å². The number of nitrogens with one attached hydrogen (secondary N) is 1. The molecule has 0 bridgehead atoms. The molecule has 3 aromatic rings. The van der Waals surface area contributed by atoms with E-state index < -0.39 is 28.5 Å². The van der Waals surface area contributed by atoms with Gasteiger partial charge in [0, 0.05) is 18.1 Å². The van der Waals surface area contributed by atoms with Crippen molar-refractivity contribution in [1.82, 2.24) is 10.2 Å². The molecule has 0 saturated heterocycles. The van der Waals surface area contributed by atoms with Crippen LogP contribution in [-0.4, -0.2) is 44.3 Å². The monoisotopic (exact) mass is 589 g/mol. The van der Waals surface area contributed by atoms with Gasteiger partial charge < -0.3 is 10.2 Å². The second-order valence-corrected chi connectivity index (χ2v) is 11.7. The van der Waals surface area contributed by atoms with E-state index in [0.717, 1.165) is 22.7 Å². The summed E-state index contributed by atoms with van der Waals surface area (Å²) in [4.78, 5) is 28.6. The minimum atomic E-state index is -4.22. The number of nitrogens with zero attached hydrogens (tertiary/aromatic N) is 2. The fourth-order valence-corrected chi connectivity index (χ4v) is 6.00. The molecule has 2 amide bonds. The van der Waals surface area contributed by atoms with Crippen molar-refractivity contribution in [1.29, 1.82) is 0 Å². The van der Waals surface area contributed by atoms with Gasteiger partial charge in [0.15, 0.2) is 0 Å². The summed E-state index contributed by atoms with van der Waals surface area (Å²) >= 11 is 12.6. The van der Waals surface area contributed by atoms with Crippen LogP contribution in [0.15, 0.2) is 83.8 Å². The van der Waals surface area contributed by atoms with Crippen LogP contribution in [0.1, 0.15) is 38.7 Å². The van der Waals surface area contributed by atoms with Crippen molar-refractivity contribution in [2.45, 2.75) is 50.6 Å². The van der Waals surface area contributed by atoms with Gasteiger partial charge in [-0.1, -0.05) is 92.0 Å². The average Bonchev–Trinajstić information content (AvgIpc) is 2.94. The molecule has 0 unspecified atom stereocenters. The number of benzene rings is 3. The van der Waals surface area contributed by atoms with Gasteiger partial charge in [-0.2, -0.15) is 0 Å². The van der Waals surface area contributed by atoms with E-state index in [2.05, 4.69) is 5.32 Å². The third-order valence-corrected chi connectivity index (χ3v) is 8.53. The van der Waals surface area contributed by atoms with Crippen molar-refractivity contribution in [3.05, 3.63) is 94.5 Å². The maximum Gasteiger partial charge on any atom is 0.264 e. The number of carbonyl (C=O) groups is 2. The molecule has 0 spiro atoms. The standard InChI is InChI=1S/C29H33Cl2N3O4S/c1-3-5-18-32-29(36)26(4-2)33(20-22-12-8-6-9-13-22)28(35)21-34(27-19-23(30)16-17-25(27)31)39(37,38)24-14-10-7-11-15-24/h6-17,19,26H,3-5,18,20-21H2,1-2H3,(H,32,36)/t26-/m0/s1. The molecule has 1 N–H and O–H groups in total. The van der Waals surface area contributed by atoms with E-state index in [1.165, 1.54) is 35.2 Å². The molecule has 1 atom stereocenters. The van der Waals surface area contributed by atoms with Gasteiger partial charge in [0.25, 0.3) is 10.0 Å². The largest absolute Gasteiger partial charge is 0.354 e. The summed E-state index contributed by atoms with van der Waals surface area (Å²) in [6.45, 7) is 3.88. The van der Waals surface area contributed by atoms with Crippen LogP contribution in [0.2, 0.25) is 10.0 Å². The second kappa shape index (κ2) is 14.4. The first-order valence-corrected chi connectivity index (χ1v) is 15.0. The summed E-state index contributed by atoms with van der Waals surface area (Å²) in [6.07, 6.45) is 2.07. The van der Waals surface area contributed by atoms with E-state index in [0.29, 0.717) is 13.0 Å². The van der Waals surface area contributed by atoms with Gasteiger partial charge >= 0.3 is 0 Å². The Morgan fingerprint density at radius 1 is 0.923 bits per heavy atom. The quantitative estimate of drug-likeness (QED) is 0.251. The summed E-state index contributed by atoms with van der Waals surface area (Å²) in [5.74, 6) is -0.833. The first kappa shape index (κ1) is 30.5. The van der Waals surface area contributed by atoms with Crippen LogP contribution in [0.4, 0.5) is 5.69 Å². The maximum absolute atomic E-state index is 14.0. The summed E-state index contributed by atoms with van der Waals surface area (Å²) in [6, 6.07) is 20.7. The lowest BCUT2D eigenvalue weighted by molar-refractivity contribution is -0.140. The zero-order valence-corrected chi connectivity index (χ0v) is 24.3. The van der Waals surface area contributed by atoms with Crippen molar-refractivity contribution in [2.75, 3.05) is 17.4 Å². The molecule has 10 heteroatoms. The van der Waals surface area contributed by atoms with Crippen LogP contribution in [0.25, 0.3) is 0 Å². The van der Waals surface area contributed by atoms with Crippen LogP contribution in [0, 0.1) is 0 Å². The molecular formula is C29H33Cl2N3O4S. The van der Waals surface area contributed by atoms with Gasteiger partial charge in [-0.3, -0.25) is 13.9 Å². The van der Waals surface area contributed by atoms with Crippen molar-refractivity contribution in [3.63, 3.8) is 0 Å². The average molecular weight is 591 g/mol. The fourth-order valence-electron chi connectivity index (χ4n) is 4.12. The molecular weight excluding hydrogens is 557 g/mol. The number of carbonyl (C=O) groups excluding carboxylic acids is 2. The summed E-state index contributed by atoms with van der Waals surface area (Å²) < 4.78 is 28.6. The van der Waals surface area contributed by atoms with E-state index in [1.807, 2.05) is 44.2 Å². The minimum Gasteiger partial charge on any atom is -0.354 e. The van der Waals surface area contributed by atoms with Crippen LogP contribution in [0.5, 0.6) is 0 Å². The van der Waals surface area contributed by atoms with Gasteiger partial charge in [-0.15, -0.1) is 0 Å². The highest BCUT2D eigenvalue weighted by Crippen LogP contribution is 2.33. The smallest absolute Gasteiger partial charge is 0.264 e. The highest BCUT2D eigenvalue weighted by molar-refractivity contribution is 7.92. The fraction of sp³-hybridized carbons (Fsp3) is 0.310. The van der Waals surface area contributed by atoms with Crippen LogP contribution < -0.4 is 9.62 Å². The lowest BCUT2D eigenvalue weighted by Crippen LogP contribution is -2.52. The zero-order chi connectivity index (χ0) is 28.4. The van der Waals surface area contributed by atoms with E-state index in [1.54, 1.807) is 18.2 Å². The Kier molecular flexibility index (Phi) is 11.2. The zero-order valence-electron chi connectivity index (χ0n) is 22.0. The molecule has 0 fully saturated rings. The lowest BCUT2D eigenvalue weighted by atomic mass is 10.1. The number of sulfonamides is 1. The van der Waals surface area contributed by atoms with Crippen LogP contribution in [0.3, 0.4) is 0 Å². The Balaban J connectivity index is 2.05. The minimum absolute atomic E-state index is 0.00667. The predicted molar refractivity (Wildman–Crippen MR) is 156 cm³/mol. The molecule has 7 nitrogen and oxygen atoms in total. The van der Waals surface area contributed by atoms with Gasteiger partial charge in [0.1, 0.15) is 12.6 Å². The highest BCUT2D eigenvalue weighted by atomic mass is 35.5. The molecule has 3 aromatic carbocycles. The topological polar surface area (TPSA) is 86.8 Å². The third kappa shape index (κ3) is 7.97. The molecule has 3 rings (SSSR count). The third-order valence-electron chi connectivity index (χ3n) is 6.20. The number of anilines is 1. The summed E-state index contributed by atoms with van der Waals surface area (Å²) in [5.41, 5.74) is 0.880. The van der Waals surface area contributed by atoms with E-state index >= 15 is 0 Å². The molecule has 208 valence electrons. The van der Waals surface area contributed by atoms with Crippen molar-refractivity contribution in [3.8, 4) is 0 Å². The Bertz CT molecular complexity index is 1360. The molecule has 0 aliphatic heterocycles. The van der Waals surface area contributed by atoms with Crippen molar-refractivity contribution < 1.29 is 18.0 Å². The van der Waals surface area contributed by atoms with Crippen LogP contribution in [-0.2, 0) is 26.2 Å². The lowest BCUT2D eigenvalue weighted by Gasteiger charge is -2.33. The highest BCUT2D eigenvalue weighted by Gasteiger charge is 2.34. The molecule has 0 heterocycles. The Labute approximate surface area is 240 Å². The number of unbranched alkanes of at least 4 members (excludes halogenated alkanes) is 1. The number of hydrogen-bond acceptors (Lipinski definition) is 4. The van der Waals surface area contributed by atoms with Gasteiger partial charge in [-0.05, 0) is 48.7 Å². The van der Waals surface area contributed by atoms with Crippen molar-refractivity contribution in [2.24, 2.45) is 0 Å². The molecule has 0 saturated carbocycles. The predicted octanol–water partition coefficient (Wildman–Crippen LogP) is 5.91. The SMILES string of the molecule is CCCCNC(=O)[C@H](CC)N(Cc1ccccc1)C(=O)CN(c1cc(Cl)ccc1Cl)S(=O)(=O)c1ccccc1. The summed E-state index contributed by atoms with van der Waals surface area (Å²) in [7, 11) is -4.22. The first-order valence-electron chi connectivity index (χ1n) is 12.8. The number of amides is 2. The van der Waals surface area contributed by atoms with E-state index in [-0.39, 0.29) is 33.1 Å². The molecule has 0 radical (unpaired) electrons. The van der Waals surface area contributed by atoms with Crippen LogP contribution >= 0.6 is 23.2 Å². The number of halogens is 2. The molecule has 0 aliphatic carbocycles. The first-order chi connectivity index (χ1) is 18.7.